The van der Waals surface area contributed by atoms with Crippen molar-refractivity contribution in [2.75, 3.05) is 31.1 Å². The van der Waals surface area contributed by atoms with Crippen LogP contribution in [0.25, 0.3) is 10.9 Å². The number of likely N-dealkylation sites (tertiary alicyclic amines) is 1. The largest absolute Gasteiger partial charge is 0.478 e. The lowest BCUT2D eigenvalue weighted by Gasteiger charge is -2.40. The van der Waals surface area contributed by atoms with Gasteiger partial charge in [0.1, 0.15) is 5.82 Å². The van der Waals surface area contributed by atoms with E-state index in [1.165, 1.54) is 32.4 Å². The Labute approximate surface area is 148 Å². The molecule has 1 aromatic heterocycles. The normalized spacial score (nSPS) is 20.1. The number of rotatable bonds is 3. The average Bonchev–Trinajstić information content (AvgIpc) is 2.68. The van der Waals surface area contributed by atoms with Gasteiger partial charge in [0, 0.05) is 24.5 Å². The van der Waals surface area contributed by atoms with Gasteiger partial charge in [0.05, 0.1) is 11.1 Å². The fourth-order valence-electron chi connectivity index (χ4n) is 4.24. The summed E-state index contributed by atoms with van der Waals surface area (Å²) in [5.41, 5.74) is 1.11. The van der Waals surface area contributed by atoms with Gasteiger partial charge in [-0.05, 0) is 50.9 Å². The van der Waals surface area contributed by atoms with Gasteiger partial charge in [-0.1, -0.05) is 24.6 Å². The number of carboxylic acid groups (broad SMARTS) is 1. The van der Waals surface area contributed by atoms with Crippen molar-refractivity contribution in [2.45, 2.75) is 38.1 Å². The number of aromatic carboxylic acids is 1. The van der Waals surface area contributed by atoms with Crippen LogP contribution in [-0.4, -0.2) is 53.2 Å². The highest BCUT2D eigenvalue weighted by Gasteiger charge is 2.26. The highest BCUT2D eigenvalue weighted by Crippen LogP contribution is 2.27. The zero-order valence-corrected chi connectivity index (χ0v) is 14.5. The number of anilines is 1. The minimum Gasteiger partial charge on any atom is -0.478 e. The first kappa shape index (κ1) is 16.3. The highest BCUT2D eigenvalue weighted by atomic mass is 16.4. The quantitative estimate of drug-likeness (QED) is 0.929. The number of carboxylic acids is 1. The van der Waals surface area contributed by atoms with Crippen LogP contribution in [0, 0.1) is 0 Å². The predicted octanol–water partition coefficient (Wildman–Crippen LogP) is 3.39. The van der Waals surface area contributed by atoms with E-state index in [2.05, 4.69) is 9.80 Å². The van der Waals surface area contributed by atoms with Crippen LogP contribution < -0.4 is 4.90 Å². The third-order valence-corrected chi connectivity index (χ3v) is 5.63. The van der Waals surface area contributed by atoms with Crippen LogP contribution in [0.1, 0.15) is 42.5 Å². The molecule has 25 heavy (non-hydrogen) atoms. The molecule has 4 rings (SSSR count). The van der Waals surface area contributed by atoms with E-state index in [0.717, 1.165) is 37.3 Å². The predicted molar refractivity (Wildman–Crippen MR) is 99.4 cm³/mol. The Morgan fingerprint density at radius 3 is 2.48 bits per heavy atom. The van der Waals surface area contributed by atoms with Crippen molar-refractivity contribution in [1.29, 1.82) is 0 Å². The van der Waals surface area contributed by atoms with Crippen LogP contribution in [0.15, 0.2) is 30.3 Å². The Morgan fingerprint density at radius 2 is 1.76 bits per heavy atom. The third-order valence-electron chi connectivity index (χ3n) is 5.63. The van der Waals surface area contributed by atoms with Gasteiger partial charge in [-0.2, -0.15) is 0 Å². The first-order valence-corrected chi connectivity index (χ1v) is 9.34. The van der Waals surface area contributed by atoms with Crippen LogP contribution in [0.3, 0.4) is 0 Å². The highest BCUT2D eigenvalue weighted by molar-refractivity contribution is 6.03. The minimum absolute atomic E-state index is 0.346. The number of benzene rings is 1. The second-order valence-corrected chi connectivity index (χ2v) is 7.17. The Hall–Kier alpha value is -2.14. The number of piperidine rings is 2. The summed E-state index contributed by atoms with van der Waals surface area (Å²) in [6.07, 6.45) is 6.30. The first-order valence-electron chi connectivity index (χ1n) is 9.34. The van der Waals surface area contributed by atoms with Crippen molar-refractivity contribution in [3.63, 3.8) is 0 Å². The lowest BCUT2D eigenvalue weighted by Crippen LogP contribution is -2.47. The number of pyridine rings is 1. The van der Waals surface area contributed by atoms with Crippen molar-refractivity contribution in [3.05, 3.63) is 35.9 Å². The van der Waals surface area contributed by atoms with E-state index in [1.54, 1.807) is 6.07 Å². The number of para-hydroxylation sites is 1. The van der Waals surface area contributed by atoms with E-state index in [-0.39, 0.29) is 0 Å². The molecule has 1 aromatic carbocycles. The SMILES string of the molecule is O=C(O)c1cc(N2CCC(N3CCCCC3)CC2)nc2ccccc12. The molecule has 1 N–H and O–H groups in total. The van der Waals surface area contributed by atoms with Crippen molar-refractivity contribution >= 4 is 22.7 Å². The second-order valence-electron chi connectivity index (χ2n) is 7.17. The summed E-state index contributed by atoms with van der Waals surface area (Å²) in [6, 6.07) is 9.92. The zero-order chi connectivity index (χ0) is 17.2. The molecule has 0 amide bonds. The van der Waals surface area contributed by atoms with Crippen LogP contribution in [-0.2, 0) is 0 Å². The number of aromatic nitrogens is 1. The van der Waals surface area contributed by atoms with Gasteiger partial charge in [-0.3, -0.25) is 0 Å². The smallest absolute Gasteiger partial charge is 0.336 e. The fourth-order valence-corrected chi connectivity index (χ4v) is 4.24. The molecule has 0 aliphatic carbocycles. The molecular weight excluding hydrogens is 314 g/mol. The topological polar surface area (TPSA) is 56.7 Å². The third kappa shape index (κ3) is 3.33. The summed E-state index contributed by atoms with van der Waals surface area (Å²) in [7, 11) is 0. The summed E-state index contributed by atoms with van der Waals surface area (Å²) in [4.78, 5) is 21.3. The molecule has 0 radical (unpaired) electrons. The van der Waals surface area contributed by atoms with E-state index >= 15 is 0 Å². The molecule has 3 heterocycles. The summed E-state index contributed by atoms with van der Waals surface area (Å²) >= 11 is 0. The fraction of sp³-hybridized carbons (Fsp3) is 0.500. The van der Waals surface area contributed by atoms with Crippen LogP contribution >= 0.6 is 0 Å². The molecule has 5 nitrogen and oxygen atoms in total. The molecule has 2 saturated heterocycles. The summed E-state index contributed by atoms with van der Waals surface area (Å²) < 4.78 is 0. The molecule has 2 aliphatic heterocycles. The average molecular weight is 339 g/mol. The Bertz CT molecular complexity index is 763. The Kier molecular flexibility index (Phi) is 4.57. The molecule has 0 spiro atoms. The van der Waals surface area contributed by atoms with E-state index in [9.17, 15) is 9.90 Å². The van der Waals surface area contributed by atoms with E-state index in [4.69, 9.17) is 4.98 Å². The second kappa shape index (κ2) is 7.00. The monoisotopic (exact) mass is 339 g/mol. The summed E-state index contributed by atoms with van der Waals surface area (Å²) in [5, 5.41) is 10.3. The van der Waals surface area contributed by atoms with Crippen molar-refractivity contribution in [2.24, 2.45) is 0 Å². The molecule has 0 unspecified atom stereocenters. The van der Waals surface area contributed by atoms with Gasteiger partial charge < -0.3 is 14.9 Å². The van der Waals surface area contributed by atoms with Gasteiger partial charge in [0.2, 0.25) is 0 Å². The molecular formula is C20H25N3O2. The number of hydrogen-bond acceptors (Lipinski definition) is 4. The molecule has 0 bridgehead atoms. The molecule has 0 saturated carbocycles. The van der Waals surface area contributed by atoms with E-state index < -0.39 is 5.97 Å². The van der Waals surface area contributed by atoms with E-state index in [0.29, 0.717) is 17.0 Å². The molecule has 2 fully saturated rings. The maximum absolute atomic E-state index is 11.7. The van der Waals surface area contributed by atoms with Gasteiger partial charge >= 0.3 is 5.97 Å². The van der Waals surface area contributed by atoms with Gasteiger partial charge in [0.25, 0.3) is 0 Å². The maximum Gasteiger partial charge on any atom is 0.336 e. The van der Waals surface area contributed by atoms with Gasteiger partial charge in [-0.25, -0.2) is 9.78 Å². The standard InChI is InChI=1S/C20H25N3O2/c24-20(25)17-14-19(21-18-7-3-2-6-16(17)18)23-12-8-15(9-13-23)22-10-4-1-5-11-22/h2-3,6-7,14-15H,1,4-5,8-13H2,(H,24,25). The minimum atomic E-state index is -0.886. The molecule has 132 valence electrons. The Balaban J connectivity index is 1.53. The molecule has 2 aliphatic rings. The number of nitrogens with zero attached hydrogens (tertiary/aromatic N) is 3. The first-order chi connectivity index (χ1) is 12.2. The number of fused-ring (bicyclic) bond motifs is 1. The van der Waals surface area contributed by atoms with Crippen molar-refractivity contribution < 1.29 is 9.90 Å². The lowest BCUT2D eigenvalue weighted by molar-refractivity contribution is 0.0699. The van der Waals surface area contributed by atoms with Crippen LogP contribution in [0.2, 0.25) is 0 Å². The molecule has 0 atom stereocenters. The van der Waals surface area contributed by atoms with Crippen LogP contribution in [0.4, 0.5) is 5.82 Å². The van der Waals surface area contributed by atoms with E-state index in [1.807, 2.05) is 24.3 Å². The molecule has 2 aromatic rings. The van der Waals surface area contributed by atoms with Crippen molar-refractivity contribution in [1.82, 2.24) is 9.88 Å². The molecule has 5 heteroatoms. The Morgan fingerprint density at radius 1 is 1.04 bits per heavy atom. The van der Waals surface area contributed by atoms with Gasteiger partial charge in [-0.15, -0.1) is 0 Å². The zero-order valence-electron chi connectivity index (χ0n) is 14.5. The number of carbonyl (C=O) groups is 1. The van der Waals surface area contributed by atoms with Gasteiger partial charge in [0.15, 0.2) is 0 Å². The van der Waals surface area contributed by atoms with Crippen LogP contribution in [0.5, 0.6) is 0 Å². The maximum atomic E-state index is 11.7. The number of hydrogen-bond donors (Lipinski definition) is 1. The van der Waals surface area contributed by atoms with Crippen molar-refractivity contribution in [3.8, 4) is 0 Å². The summed E-state index contributed by atoms with van der Waals surface area (Å²) in [5.74, 6) is -0.0868. The lowest BCUT2D eigenvalue weighted by atomic mass is 9.99. The summed E-state index contributed by atoms with van der Waals surface area (Å²) in [6.45, 7) is 4.38.